The van der Waals surface area contributed by atoms with Gasteiger partial charge in [0.25, 0.3) is 0 Å². The number of likely N-dealkylation sites (N-methyl/N-ethyl adjacent to an activating group) is 1. The van der Waals surface area contributed by atoms with Crippen LogP contribution in [-0.4, -0.2) is 62.5 Å². The van der Waals surface area contributed by atoms with Gasteiger partial charge in [-0.1, -0.05) is 12.1 Å². The zero-order chi connectivity index (χ0) is 22.8. The van der Waals surface area contributed by atoms with Crippen LogP contribution in [0.3, 0.4) is 0 Å². The predicted octanol–water partition coefficient (Wildman–Crippen LogP) is 4.57. The second-order valence-corrected chi connectivity index (χ2v) is 9.11. The highest BCUT2D eigenvalue weighted by Gasteiger charge is 2.15. The Bertz CT molecular complexity index is 1240. The van der Waals surface area contributed by atoms with Crippen LogP contribution in [0, 0.1) is 0 Å². The van der Waals surface area contributed by atoms with Crippen molar-refractivity contribution in [1.29, 1.82) is 0 Å². The molecule has 4 heterocycles. The standard InChI is InChI=1S/C26H31N7/c1-19(2)33-18-23(22-7-9-27-16-25(22)33)24-8-10-28-26(30-24)29-21-6-4-5-20(15-21)17-32-13-11-31(3)12-14-32/h4-10,15-16,18-19H,11-14,17H2,1-3H3,(H,28,29,30). The molecule has 3 aromatic heterocycles. The van der Waals surface area contributed by atoms with Gasteiger partial charge in [-0.2, -0.15) is 0 Å². The van der Waals surface area contributed by atoms with Crippen molar-refractivity contribution < 1.29 is 0 Å². The number of benzene rings is 1. The lowest BCUT2D eigenvalue weighted by Crippen LogP contribution is -2.43. The fourth-order valence-corrected chi connectivity index (χ4v) is 4.44. The summed E-state index contributed by atoms with van der Waals surface area (Å²) in [5.41, 5.74) is 5.42. The molecule has 1 saturated heterocycles. The van der Waals surface area contributed by atoms with Crippen molar-refractivity contribution in [3.05, 3.63) is 66.7 Å². The van der Waals surface area contributed by atoms with Crippen LogP contribution in [-0.2, 0) is 6.54 Å². The molecular formula is C26H31N7. The van der Waals surface area contributed by atoms with Crippen LogP contribution in [0.1, 0.15) is 25.5 Å². The summed E-state index contributed by atoms with van der Waals surface area (Å²) in [5.74, 6) is 0.601. The Morgan fingerprint density at radius 2 is 1.88 bits per heavy atom. The smallest absolute Gasteiger partial charge is 0.227 e. The molecule has 33 heavy (non-hydrogen) atoms. The number of anilines is 2. The number of pyridine rings is 1. The van der Waals surface area contributed by atoms with Gasteiger partial charge in [0, 0.05) is 74.0 Å². The minimum atomic E-state index is 0.341. The van der Waals surface area contributed by atoms with Crippen molar-refractivity contribution in [2.24, 2.45) is 0 Å². The van der Waals surface area contributed by atoms with E-state index in [0.717, 1.165) is 60.6 Å². The molecule has 1 aromatic carbocycles. The van der Waals surface area contributed by atoms with E-state index in [-0.39, 0.29) is 0 Å². The second kappa shape index (κ2) is 9.29. The average molecular weight is 442 g/mol. The van der Waals surface area contributed by atoms with Crippen LogP contribution in [0.5, 0.6) is 0 Å². The quantitative estimate of drug-likeness (QED) is 0.473. The lowest BCUT2D eigenvalue weighted by molar-refractivity contribution is 0.148. The highest BCUT2D eigenvalue weighted by Crippen LogP contribution is 2.31. The molecule has 0 radical (unpaired) electrons. The summed E-state index contributed by atoms with van der Waals surface area (Å²) in [7, 11) is 2.19. The number of fused-ring (bicyclic) bond motifs is 1. The number of rotatable bonds is 6. The molecular weight excluding hydrogens is 410 g/mol. The van der Waals surface area contributed by atoms with E-state index in [1.807, 2.05) is 24.7 Å². The Hall–Kier alpha value is -3.29. The highest BCUT2D eigenvalue weighted by molar-refractivity contribution is 5.94. The fraction of sp³-hybridized carbons (Fsp3) is 0.346. The normalized spacial score (nSPS) is 15.4. The molecule has 0 saturated carbocycles. The molecule has 1 aliphatic heterocycles. The van der Waals surface area contributed by atoms with E-state index in [1.165, 1.54) is 5.56 Å². The molecule has 0 bridgehead atoms. The summed E-state index contributed by atoms with van der Waals surface area (Å²) in [4.78, 5) is 18.5. The van der Waals surface area contributed by atoms with Crippen LogP contribution in [0.25, 0.3) is 22.2 Å². The van der Waals surface area contributed by atoms with E-state index in [0.29, 0.717) is 12.0 Å². The summed E-state index contributed by atoms with van der Waals surface area (Å²) in [6, 6.07) is 12.9. The summed E-state index contributed by atoms with van der Waals surface area (Å²) in [6.07, 6.45) is 7.74. The summed E-state index contributed by atoms with van der Waals surface area (Å²) in [6.45, 7) is 9.80. The maximum Gasteiger partial charge on any atom is 0.227 e. The average Bonchev–Trinajstić information content (AvgIpc) is 3.21. The van der Waals surface area contributed by atoms with E-state index >= 15 is 0 Å². The van der Waals surface area contributed by atoms with Crippen LogP contribution in [0.4, 0.5) is 11.6 Å². The van der Waals surface area contributed by atoms with Gasteiger partial charge in [0.1, 0.15) is 0 Å². The molecule has 4 aromatic rings. The molecule has 0 unspecified atom stereocenters. The monoisotopic (exact) mass is 441 g/mol. The predicted molar refractivity (Wildman–Crippen MR) is 134 cm³/mol. The Balaban J connectivity index is 1.37. The van der Waals surface area contributed by atoms with Crippen LogP contribution in [0.2, 0.25) is 0 Å². The van der Waals surface area contributed by atoms with E-state index in [2.05, 4.69) is 87.1 Å². The van der Waals surface area contributed by atoms with Gasteiger partial charge in [-0.05, 0) is 50.7 Å². The van der Waals surface area contributed by atoms with Crippen LogP contribution < -0.4 is 5.32 Å². The largest absolute Gasteiger partial charge is 0.343 e. The number of nitrogens with zero attached hydrogens (tertiary/aromatic N) is 6. The first-order valence-electron chi connectivity index (χ1n) is 11.6. The zero-order valence-corrected chi connectivity index (χ0v) is 19.6. The fourth-order valence-electron chi connectivity index (χ4n) is 4.44. The molecule has 0 aliphatic carbocycles. The summed E-state index contributed by atoms with van der Waals surface area (Å²) < 4.78 is 2.24. The first-order chi connectivity index (χ1) is 16.1. The van der Waals surface area contributed by atoms with Gasteiger partial charge in [0.15, 0.2) is 0 Å². The third kappa shape index (κ3) is 4.74. The number of hydrogen-bond donors (Lipinski definition) is 1. The molecule has 0 spiro atoms. The molecule has 1 N–H and O–H groups in total. The Kier molecular flexibility index (Phi) is 6.07. The topological polar surface area (TPSA) is 62.1 Å². The summed E-state index contributed by atoms with van der Waals surface area (Å²) in [5, 5.41) is 4.56. The van der Waals surface area contributed by atoms with Crippen molar-refractivity contribution in [2.75, 3.05) is 38.5 Å². The molecule has 170 valence electrons. The second-order valence-electron chi connectivity index (χ2n) is 9.11. The van der Waals surface area contributed by atoms with Gasteiger partial charge in [-0.3, -0.25) is 9.88 Å². The molecule has 1 fully saturated rings. The van der Waals surface area contributed by atoms with Gasteiger partial charge in [-0.25, -0.2) is 9.97 Å². The van der Waals surface area contributed by atoms with Crippen LogP contribution >= 0.6 is 0 Å². The van der Waals surface area contributed by atoms with Gasteiger partial charge in [0.05, 0.1) is 17.4 Å². The summed E-state index contributed by atoms with van der Waals surface area (Å²) >= 11 is 0. The first-order valence-corrected chi connectivity index (χ1v) is 11.6. The molecule has 7 heteroatoms. The van der Waals surface area contributed by atoms with Gasteiger partial charge in [0.2, 0.25) is 5.95 Å². The SMILES string of the molecule is CC(C)n1cc(-c2ccnc(Nc3cccc(CN4CCN(C)CC4)c3)n2)c2ccncc21. The van der Waals surface area contributed by atoms with Crippen molar-refractivity contribution in [2.45, 2.75) is 26.4 Å². The van der Waals surface area contributed by atoms with Crippen molar-refractivity contribution in [3.63, 3.8) is 0 Å². The number of aromatic nitrogens is 4. The van der Waals surface area contributed by atoms with Crippen LogP contribution in [0.15, 0.2) is 61.2 Å². The first kappa shape index (κ1) is 21.6. The molecule has 0 atom stereocenters. The van der Waals surface area contributed by atoms with Crippen molar-refractivity contribution in [1.82, 2.24) is 29.3 Å². The van der Waals surface area contributed by atoms with Gasteiger partial charge >= 0.3 is 0 Å². The maximum atomic E-state index is 4.84. The lowest BCUT2D eigenvalue weighted by Gasteiger charge is -2.32. The third-order valence-electron chi connectivity index (χ3n) is 6.31. The number of hydrogen-bond acceptors (Lipinski definition) is 6. The van der Waals surface area contributed by atoms with E-state index in [4.69, 9.17) is 4.98 Å². The maximum absolute atomic E-state index is 4.84. The Labute approximate surface area is 195 Å². The van der Waals surface area contributed by atoms with E-state index < -0.39 is 0 Å². The number of piperazine rings is 1. The lowest BCUT2D eigenvalue weighted by atomic mass is 10.1. The zero-order valence-electron chi connectivity index (χ0n) is 19.6. The van der Waals surface area contributed by atoms with Gasteiger partial charge < -0.3 is 14.8 Å². The molecule has 1 aliphatic rings. The van der Waals surface area contributed by atoms with E-state index in [9.17, 15) is 0 Å². The Morgan fingerprint density at radius 3 is 2.70 bits per heavy atom. The minimum absolute atomic E-state index is 0.341. The molecule has 0 amide bonds. The highest BCUT2D eigenvalue weighted by atomic mass is 15.2. The van der Waals surface area contributed by atoms with Crippen molar-refractivity contribution >= 4 is 22.5 Å². The van der Waals surface area contributed by atoms with E-state index in [1.54, 1.807) is 0 Å². The van der Waals surface area contributed by atoms with Gasteiger partial charge in [-0.15, -0.1) is 0 Å². The molecule has 7 nitrogen and oxygen atoms in total. The molecule has 5 rings (SSSR count). The number of nitrogens with one attached hydrogen (secondary N) is 1. The Morgan fingerprint density at radius 1 is 1.03 bits per heavy atom. The third-order valence-corrected chi connectivity index (χ3v) is 6.31. The minimum Gasteiger partial charge on any atom is -0.343 e. The van der Waals surface area contributed by atoms with Crippen molar-refractivity contribution in [3.8, 4) is 11.3 Å².